The van der Waals surface area contributed by atoms with Gasteiger partial charge in [0.05, 0.1) is 53.7 Å². The second-order valence-electron chi connectivity index (χ2n) is 9.23. The number of ketones is 2. The van der Waals surface area contributed by atoms with Crippen LogP contribution in [0.1, 0.15) is 31.8 Å². The fourth-order valence-electron chi connectivity index (χ4n) is 4.05. The molecule has 49 heavy (non-hydrogen) atoms. The molecule has 4 rings (SSSR count). The van der Waals surface area contributed by atoms with Crippen molar-refractivity contribution >= 4 is 88.9 Å². The van der Waals surface area contributed by atoms with Crippen molar-refractivity contribution in [1.82, 2.24) is 0 Å². The van der Waals surface area contributed by atoms with Gasteiger partial charge < -0.3 is 0 Å². The van der Waals surface area contributed by atoms with Gasteiger partial charge in [-0.15, -0.1) is 8.67 Å². The molecule has 0 aliphatic heterocycles. The molecule has 0 aliphatic rings. The van der Waals surface area contributed by atoms with Gasteiger partial charge in [-0.2, -0.15) is 16.8 Å². The van der Waals surface area contributed by atoms with Crippen molar-refractivity contribution < 1.29 is 73.2 Å². The molecule has 4 aromatic rings. The zero-order chi connectivity index (χ0) is 36.3. The summed E-state index contributed by atoms with van der Waals surface area (Å²) in [4.78, 5) is 24.1. The first-order valence-corrected chi connectivity index (χ1v) is 19.0. The van der Waals surface area contributed by atoms with Gasteiger partial charge in [0.25, 0.3) is 20.2 Å². The van der Waals surface area contributed by atoms with Gasteiger partial charge in [0, 0.05) is 32.0 Å². The molecule has 0 unspecified atom stereocenters. The van der Waals surface area contributed by atoms with E-state index in [0.29, 0.717) is 0 Å². The topological polar surface area (TPSA) is 254 Å². The molecule has 0 spiro atoms. The zero-order valence-electron chi connectivity index (χ0n) is 23.4. The third-order valence-electron chi connectivity index (χ3n) is 6.19. The Morgan fingerprint density at radius 1 is 0.551 bits per heavy atom. The van der Waals surface area contributed by atoms with E-state index < -0.39 is 83.5 Å². The molecule has 0 radical (unpaired) electrons. The van der Waals surface area contributed by atoms with E-state index in [0.717, 1.165) is 72.8 Å². The zero-order valence-corrected chi connectivity index (χ0v) is 29.0. The monoisotopic (exact) mass is 814 g/mol. The van der Waals surface area contributed by atoms with Crippen LogP contribution in [0.25, 0.3) is 0 Å². The number of rotatable bonds is 14. The highest BCUT2D eigenvalue weighted by molar-refractivity contribution is 7.95. The van der Waals surface area contributed by atoms with Crippen molar-refractivity contribution in [2.75, 3.05) is 0 Å². The largest absolute Gasteiger partial charge is 0.294 e. The van der Waals surface area contributed by atoms with Gasteiger partial charge in [-0.25, -0.2) is 18.9 Å². The first-order valence-electron chi connectivity index (χ1n) is 12.3. The fraction of sp³-hybridized carbons (Fsp3) is 0. The molecule has 4 N–H and O–H groups in total. The van der Waals surface area contributed by atoms with Gasteiger partial charge >= 0.3 is 0 Å². The van der Waals surface area contributed by atoms with E-state index in [1.54, 1.807) is 0 Å². The second-order valence-corrected chi connectivity index (χ2v) is 16.4. The Morgan fingerprint density at radius 2 is 0.918 bits per heavy atom. The molecule has 0 atom stereocenters. The molecule has 0 bridgehead atoms. The highest BCUT2D eigenvalue weighted by atomic mass is 35.5. The van der Waals surface area contributed by atoms with Crippen LogP contribution in [0.15, 0.2) is 102 Å². The molecule has 0 aromatic heterocycles. The Balaban J connectivity index is 1.78. The summed E-state index contributed by atoms with van der Waals surface area (Å²) in [7, 11) is -14.3. The van der Waals surface area contributed by atoms with Gasteiger partial charge in [-0.05, 0) is 72.8 Å². The van der Waals surface area contributed by atoms with E-state index in [1.807, 2.05) is 0 Å². The van der Waals surface area contributed by atoms with Gasteiger partial charge in [0.1, 0.15) is 0 Å². The van der Waals surface area contributed by atoms with Gasteiger partial charge in [-0.3, -0.25) is 18.7 Å². The lowest BCUT2D eigenvalue weighted by Crippen LogP contribution is -2.10. The number of halogens is 2. The van der Waals surface area contributed by atoms with Crippen LogP contribution in [-0.2, 0) is 48.8 Å². The predicted molar refractivity (Wildman–Crippen MR) is 169 cm³/mol. The molecule has 23 heteroatoms. The Bertz CT molecular complexity index is 2140. The average molecular weight is 816 g/mol. The smallest absolute Gasteiger partial charge is 0.289 e. The van der Waals surface area contributed by atoms with E-state index >= 15 is 0 Å². The third-order valence-corrected chi connectivity index (χ3v) is 11.4. The molecule has 0 saturated carbocycles. The number of benzene rings is 4. The van der Waals surface area contributed by atoms with Crippen molar-refractivity contribution in [2.24, 2.45) is 0 Å². The molecular formula is C26H16Cl2O16S5. The predicted octanol–water partition coefficient (Wildman–Crippen LogP) is 5.64. The first kappa shape index (κ1) is 38.8. The lowest BCUT2D eigenvalue weighted by atomic mass is 10.0. The summed E-state index contributed by atoms with van der Waals surface area (Å²) in [6, 6.07) is 11.4. The van der Waals surface area contributed by atoms with Gasteiger partial charge in [0.15, 0.2) is 11.6 Å². The van der Waals surface area contributed by atoms with E-state index in [2.05, 4.69) is 18.7 Å². The van der Waals surface area contributed by atoms with E-state index in [4.69, 9.17) is 33.7 Å². The summed E-state index contributed by atoms with van der Waals surface area (Å²) < 4.78 is 102. The normalized spacial score (nSPS) is 12.2. The fourth-order valence-corrected chi connectivity index (χ4v) is 7.94. The van der Waals surface area contributed by atoms with Crippen LogP contribution in [0.3, 0.4) is 0 Å². The molecule has 260 valence electrons. The summed E-state index contributed by atoms with van der Waals surface area (Å²) in [6.45, 7) is 0. The lowest BCUT2D eigenvalue weighted by molar-refractivity contribution is -0.432. The van der Waals surface area contributed by atoms with Crippen LogP contribution >= 0.6 is 47.3 Å². The molecule has 0 saturated heterocycles. The minimum atomic E-state index is -4.87. The summed E-state index contributed by atoms with van der Waals surface area (Å²) in [6.07, 6.45) is 0. The van der Waals surface area contributed by atoms with E-state index in [9.17, 15) is 43.9 Å². The number of carbonyl (C=O) groups excluding carboxylic acids is 2. The second kappa shape index (κ2) is 15.5. The maximum absolute atomic E-state index is 13.7. The first-order chi connectivity index (χ1) is 22.9. The number of hydrogen-bond acceptors (Lipinski definition) is 16. The summed E-state index contributed by atoms with van der Waals surface area (Å²) in [5, 5.41) is 23.2. The minimum Gasteiger partial charge on any atom is -0.289 e. The highest BCUT2D eigenvalue weighted by Crippen LogP contribution is 2.33. The van der Waals surface area contributed by atoms with Gasteiger partial charge in [-0.1, -0.05) is 33.3 Å². The minimum absolute atomic E-state index is 0.145. The third kappa shape index (κ3) is 9.23. The van der Waals surface area contributed by atoms with E-state index in [-0.39, 0.29) is 43.9 Å². The van der Waals surface area contributed by atoms with Crippen LogP contribution in [0, 0.1) is 0 Å². The van der Waals surface area contributed by atoms with Crippen molar-refractivity contribution in [3.05, 3.63) is 105 Å². The molecule has 0 fully saturated rings. The maximum Gasteiger partial charge on any atom is 0.294 e. The molecule has 4 aromatic carbocycles. The SMILES string of the molecule is O=C(c1cc(SOOO)cc(S(=O)(=O)O)c1)c1cc(S(=O)(=O)c2ccc(Cl)c(C(=O)c3cc(SOOO)cc(S(=O)(=O)O)c3)c2)ccc1Cl. The number of carbonyl (C=O) groups is 2. The van der Waals surface area contributed by atoms with Crippen molar-refractivity contribution in [1.29, 1.82) is 0 Å². The van der Waals surface area contributed by atoms with Crippen LogP contribution in [0.4, 0.5) is 0 Å². The average Bonchev–Trinajstić information content (AvgIpc) is 3.04. The molecule has 0 heterocycles. The number of sulfone groups is 1. The van der Waals surface area contributed by atoms with Crippen LogP contribution < -0.4 is 0 Å². The standard InChI is InChI=1S/C26H16Cl2O16S5/c27-23-3-1-17(11-21(23)25(29)13-5-15(45-43-41-31)9-19(7-13)48(35,36)37)47(33,34)18-2-4-24(28)22(12-18)26(30)14-6-16(46-44-42-32)10-20(8-14)49(38,39)40/h1-12,31-32H,(H,35,36,37)(H,38,39,40). The lowest BCUT2D eigenvalue weighted by Gasteiger charge is -2.12. The Kier molecular flexibility index (Phi) is 12.3. The van der Waals surface area contributed by atoms with Gasteiger partial charge in [0.2, 0.25) is 9.84 Å². The quantitative estimate of drug-likeness (QED) is 0.0395. The summed E-state index contributed by atoms with van der Waals surface area (Å²) >= 11 is 13.0. The highest BCUT2D eigenvalue weighted by Gasteiger charge is 2.26. The Labute approximate surface area is 295 Å². The molecule has 0 amide bonds. The van der Waals surface area contributed by atoms with Crippen molar-refractivity contribution in [3.63, 3.8) is 0 Å². The Hall–Kier alpha value is -2.97. The van der Waals surface area contributed by atoms with Crippen molar-refractivity contribution in [3.8, 4) is 0 Å². The van der Waals surface area contributed by atoms with Crippen LogP contribution in [0.2, 0.25) is 10.0 Å². The molecular weight excluding hydrogens is 800 g/mol. The molecule has 0 aliphatic carbocycles. The summed E-state index contributed by atoms with van der Waals surface area (Å²) in [5.74, 6) is -2.01. The van der Waals surface area contributed by atoms with Crippen LogP contribution in [0.5, 0.6) is 0 Å². The summed E-state index contributed by atoms with van der Waals surface area (Å²) in [5.41, 5.74) is -1.68. The van der Waals surface area contributed by atoms with Crippen molar-refractivity contribution in [2.45, 2.75) is 29.4 Å². The Morgan fingerprint density at radius 3 is 1.24 bits per heavy atom. The molecule has 16 nitrogen and oxygen atoms in total. The van der Waals surface area contributed by atoms with Crippen LogP contribution in [-0.4, -0.2) is 56.4 Å². The number of hydrogen-bond donors (Lipinski definition) is 4. The maximum atomic E-state index is 13.7. The van der Waals surface area contributed by atoms with E-state index in [1.165, 1.54) is 0 Å².